The Morgan fingerprint density at radius 3 is 2.38 bits per heavy atom. The molecule has 2 aliphatic rings. The summed E-state index contributed by atoms with van der Waals surface area (Å²) in [5.74, 6) is 0.794. The van der Waals surface area contributed by atoms with E-state index in [1.165, 1.54) is 12.1 Å². The molecule has 0 unspecified atom stereocenters. The summed E-state index contributed by atoms with van der Waals surface area (Å²) in [6, 6.07) is 19.3. The highest BCUT2D eigenvalue weighted by molar-refractivity contribution is 5.99. The zero-order chi connectivity index (χ0) is 25.8. The number of piperidine rings is 1. The monoisotopic (exact) mass is 506 g/mol. The highest BCUT2D eigenvalue weighted by Crippen LogP contribution is 2.39. The minimum absolute atomic E-state index is 0.0108. The first-order valence-corrected chi connectivity index (χ1v) is 12.4. The third-order valence-electron chi connectivity index (χ3n) is 6.97. The fraction of sp³-hybridized carbons (Fsp3) is 0.310. The van der Waals surface area contributed by atoms with Crippen LogP contribution >= 0.6 is 0 Å². The number of anilines is 1. The Hall–Kier alpha value is -3.94. The van der Waals surface area contributed by atoms with Gasteiger partial charge in [0.15, 0.2) is 6.61 Å². The molecule has 0 saturated carbocycles. The van der Waals surface area contributed by atoms with E-state index in [2.05, 4.69) is 5.32 Å². The molecule has 6 nitrogen and oxygen atoms in total. The lowest BCUT2D eigenvalue weighted by molar-refractivity contribution is -0.118. The van der Waals surface area contributed by atoms with Crippen molar-refractivity contribution in [2.75, 3.05) is 38.3 Å². The second kappa shape index (κ2) is 11.0. The number of halogens is 2. The second-order valence-electron chi connectivity index (χ2n) is 9.31. The van der Waals surface area contributed by atoms with Crippen LogP contribution in [0.1, 0.15) is 40.2 Å². The molecule has 2 amide bonds. The van der Waals surface area contributed by atoms with Crippen molar-refractivity contribution in [1.29, 1.82) is 0 Å². The van der Waals surface area contributed by atoms with E-state index in [1.54, 1.807) is 18.2 Å². The molecular weight excluding hydrogens is 478 g/mol. The summed E-state index contributed by atoms with van der Waals surface area (Å²) >= 11 is 0. The van der Waals surface area contributed by atoms with Crippen molar-refractivity contribution in [3.63, 3.8) is 0 Å². The van der Waals surface area contributed by atoms with Crippen molar-refractivity contribution in [3.8, 4) is 11.5 Å². The highest BCUT2D eigenvalue weighted by atomic mass is 19.1. The quantitative estimate of drug-likeness (QED) is 0.479. The zero-order valence-corrected chi connectivity index (χ0v) is 20.3. The van der Waals surface area contributed by atoms with Gasteiger partial charge in [0.25, 0.3) is 11.8 Å². The molecule has 2 heterocycles. The molecule has 0 radical (unpaired) electrons. The van der Waals surface area contributed by atoms with Crippen LogP contribution in [0.25, 0.3) is 0 Å². The maximum atomic E-state index is 13.7. The van der Waals surface area contributed by atoms with Gasteiger partial charge in [-0.05, 0) is 72.4 Å². The summed E-state index contributed by atoms with van der Waals surface area (Å²) < 4.78 is 36.9. The number of fused-ring (bicyclic) bond motifs is 1. The fourth-order valence-corrected chi connectivity index (χ4v) is 5.17. The van der Waals surface area contributed by atoms with Gasteiger partial charge in [0.1, 0.15) is 30.6 Å². The van der Waals surface area contributed by atoms with Gasteiger partial charge in [-0.25, -0.2) is 8.78 Å². The molecule has 0 spiro atoms. The lowest BCUT2D eigenvalue weighted by Crippen LogP contribution is -2.40. The van der Waals surface area contributed by atoms with Gasteiger partial charge < -0.3 is 19.7 Å². The largest absolute Gasteiger partial charge is 0.491 e. The van der Waals surface area contributed by atoms with Crippen molar-refractivity contribution >= 4 is 17.5 Å². The molecule has 37 heavy (non-hydrogen) atoms. The van der Waals surface area contributed by atoms with Gasteiger partial charge >= 0.3 is 0 Å². The van der Waals surface area contributed by atoms with Crippen LogP contribution in [0.2, 0.25) is 0 Å². The van der Waals surface area contributed by atoms with Crippen LogP contribution in [0.15, 0.2) is 66.7 Å². The average Bonchev–Trinajstić information content (AvgIpc) is 2.93. The van der Waals surface area contributed by atoms with E-state index < -0.39 is 6.67 Å². The third-order valence-corrected chi connectivity index (χ3v) is 6.97. The minimum Gasteiger partial charge on any atom is -0.491 e. The summed E-state index contributed by atoms with van der Waals surface area (Å²) in [5.41, 5.74) is 3.08. The fourth-order valence-electron chi connectivity index (χ4n) is 5.17. The van der Waals surface area contributed by atoms with E-state index in [0.29, 0.717) is 35.8 Å². The van der Waals surface area contributed by atoms with Crippen molar-refractivity contribution in [2.24, 2.45) is 5.92 Å². The highest BCUT2D eigenvalue weighted by Gasteiger charge is 2.31. The van der Waals surface area contributed by atoms with E-state index >= 15 is 0 Å². The summed E-state index contributed by atoms with van der Waals surface area (Å²) in [4.78, 5) is 26.7. The first kappa shape index (κ1) is 24.7. The number of ether oxygens (including phenoxy) is 2. The molecule has 8 heteroatoms. The van der Waals surface area contributed by atoms with Crippen LogP contribution in [0.3, 0.4) is 0 Å². The predicted molar refractivity (Wildman–Crippen MR) is 135 cm³/mol. The zero-order valence-electron chi connectivity index (χ0n) is 20.3. The normalized spacial score (nSPS) is 16.4. The van der Waals surface area contributed by atoms with E-state index in [1.807, 2.05) is 41.3 Å². The number of likely N-dealkylation sites (tertiary alicyclic amines) is 1. The number of benzene rings is 3. The van der Waals surface area contributed by atoms with Crippen LogP contribution in [-0.2, 0) is 4.79 Å². The lowest BCUT2D eigenvalue weighted by Gasteiger charge is -2.37. The molecule has 3 aromatic carbocycles. The lowest BCUT2D eigenvalue weighted by atomic mass is 9.76. The van der Waals surface area contributed by atoms with E-state index in [4.69, 9.17) is 9.47 Å². The first-order valence-electron chi connectivity index (χ1n) is 12.4. The van der Waals surface area contributed by atoms with Crippen LogP contribution in [0.5, 0.6) is 11.5 Å². The number of carbonyl (C=O) groups is 2. The van der Waals surface area contributed by atoms with Crippen molar-refractivity contribution in [1.82, 2.24) is 4.90 Å². The number of hydrogen-bond donors (Lipinski definition) is 1. The van der Waals surface area contributed by atoms with Crippen molar-refractivity contribution in [2.45, 2.75) is 18.8 Å². The molecule has 5 rings (SSSR count). The molecule has 0 aromatic heterocycles. The molecule has 1 fully saturated rings. The number of amides is 2. The first-order chi connectivity index (χ1) is 18.0. The van der Waals surface area contributed by atoms with Crippen molar-refractivity contribution < 1.29 is 27.8 Å². The van der Waals surface area contributed by atoms with E-state index in [-0.39, 0.29) is 42.7 Å². The molecular formula is C29H28F2N2O4. The van der Waals surface area contributed by atoms with Gasteiger partial charge in [-0.1, -0.05) is 24.3 Å². The van der Waals surface area contributed by atoms with Gasteiger partial charge in [0.05, 0.1) is 5.69 Å². The maximum absolute atomic E-state index is 13.7. The number of hydrogen-bond acceptors (Lipinski definition) is 4. The topological polar surface area (TPSA) is 67.9 Å². The summed E-state index contributed by atoms with van der Waals surface area (Å²) in [5, 5.41) is 2.75. The van der Waals surface area contributed by atoms with E-state index in [9.17, 15) is 18.4 Å². The van der Waals surface area contributed by atoms with Gasteiger partial charge in [-0.2, -0.15) is 0 Å². The molecule has 0 bridgehead atoms. The number of nitrogens with zero attached hydrogens (tertiary/aromatic N) is 1. The minimum atomic E-state index is -0.550. The van der Waals surface area contributed by atoms with Crippen LogP contribution < -0.4 is 14.8 Å². The molecule has 1 N–H and O–H groups in total. The molecule has 1 atom stereocenters. The Labute approximate surface area is 214 Å². The predicted octanol–water partition coefficient (Wildman–Crippen LogP) is 5.19. The Morgan fingerprint density at radius 2 is 1.70 bits per heavy atom. The second-order valence-corrected chi connectivity index (χ2v) is 9.31. The number of alkyl halides is 1. The molecule has 1 saturated heterocycles. The molecule has 192 valence electrons. The standard InChI is InChI=1S/C29H28F2N2O4/c30-13-16-36-24-8-3-20(4-9-24)28(19-1-6-23(31)7-2-19)21-11-14-33(15-12-21)29(35)22-5-10-26-25(17-22)32-27(34)18-37-26/h1-10,17,21,28H,11-16,18H2,(H,32,34)/t28-/m1/s1. The number of carbonyl (C=O) groups excluding carboxylic acids is 2. The van der Waals surface area contributed by atoms with Crippen LogP contribution in [0, 0.1) is 11.7 Å². The number of rotatable bonds is 7. The molecule has 0 aliphatic carbocycles. The SMILES string of the molecule is O=C1COc2ccc(C(=O)N3CCC([C@H](c4ccc(F)cc4)c4ccc(OCCF)cc4)CC3)cc2N1. The molecule has 2 aliphatic heterocycles. The van der Waals surface area contributed by atoms with Gasteiger partial charge in [-0.3, -0.25) is 9.59 Å². The Bertz CT molecular complexity index is 1260. The summed E-state index contributed by atoms with van der Waals surface area (Å²) in [6.07, 6.45) is 1.55. The van der Waals surface area contributed by atoms with Gasteiger partial charge in [0, 0.05) is 24.6 Å². The Morgan fingerprint density at radius 1 is 1.03 bits per heavy atom. The third kappa shape index (κ3) is 5.58. The summed E-state index contributed by atoms with van der Waals surface area (Å²) in [7, 11) is 0. The Kier molecular flexibility index (Phi) is 7.35. The Balaban J connectivity index is 1.31. The van der Waals surface area contributed by atoms with Crippen LogP contribution in [-0.4, -0.2) is 49.7 Å². The molecule has 3 aromatic rings. The smallest absolute Gasteiger partial charge is 0.262 e. The van der Waals surface area contributed by atoms with Gasteiger partial charge in [-0.15, -0.1) is 0 Å². The summed E-state index contributed by atoms with van der Waals surface area (Å²) in [6.45, 7) is 0.593. The van der Waals surface area contributed by atoms with Gasteiger partial charge in [0.2, 0.25) is 0 Å². The average molecular weight is 507 g/mol. The van der Waals surface area contributed by atoms with Crippen LogP contribution in [0.4, 0.5) is 14.5 Å². The van der Waals surface area contributed by atoms with E-state index in [0.717, 1.165) is 24.0 Å². The maximum Gasteiger partial charge on any atom is 0.262 e. The van der Waals surface area contributed by atoms with Crippen molar-refractivity contribution in [3.05, 3.63) is 89.2 Å². The number of nitrogens with one attached hydrogen (secondary N) is 1.